The minimum Gasteiger partial charge on any atom is -0.368 e. The van der Waals surface area contributed by atoms with Crippen LogP contribution in [-0.2, 0) is 4.79 Å². The summed E-state index contributed by atoms with van der Waals surface area (Å²) in [4.78, 5) is 10.6. The van der Waals surface area contributed by atoms with E-state index in [0.717, 1.165) is 23.9 Å². The van der Waals surface area contributed by atoms with Gasteiger partial charge in [0.15, 0.2) is 0 Å². The average Bonchev–Trinajstić information content (AvgIpc) is 2.17. The highest BCUT2D eigenvalue weighted by molar-refractivity contribution is 5.79. The Morgan fingerprint density at radius 1 is 0.905 bits per heavy atom. The van der Waals surface area contributed by atoms with E-state index in [9.17, 15) is 4.79 Å². The monoisotopic (exact) mass is 300 g/mol. The van der Waals surface area contributed by atoms with Gasteiger partial charge < -0.3 is 16.0 Å². The number of rotatable bonds is 6. The summed E-state index contributed by atoms with van der Waals surface area (Å²) in [6.07, 6.45) is 14.8. The number of nitrogens with two attached hydrogens (primary N) is 2. The molecule has 4 nitrogen and oxygen atoms in total. The summed E-state index contributed by atoms with van der Waals surface area (Å²) in [6.45, 7) is 1.10. The smallest absolute Gasteiger partial charge is 0.234 e. The van der Waals surface area contributed by atoms with Gasteiger partial charge in [-0.15, -0.1) is 0 Å². The quantitative estimate of drug-likeness (QED) is 0.585. The third-order valence-corrected chi connectivity index (χ3v) is 3.96. The standard InChI is InChI=1S/C9H21N3O.2C4H8/c1-12(2,3)7-5-4-6-8(10)9(11)13;2*1-2-4-3-1/h8H,4-7,10H2,1-3H3,(H-,11,13);2*1-4H2/p+1. The van der Waals surface area contributed by atoms with Crippen molar-refractivity contribution in [1.82, 2.24) is 0 Å². The van der Waals surface area contributed by atoms with E-state index in [1.807, 2.05) is 0 Å². The maximum Gasteiger partial charge on any atom is 0.234 e. The van der Waals surface area contributed by atoms with Crippen molar-refractivity contribution in [2.75, 3.05) is 27.7 Å². The number of primary amides is 1. The molecule has 126 valence electrons. The van der Waals surface area contributed by atoms with Crippen molar-refractivity contribution >= 4 is 5.91 Å². The molecule has 0 saturated heterocycles. The van der Waals surface area contributed by atoms with Crippen LogP contribution in [0.15, 0.2) is 0 Å². The van der Waals surface area contributed by atoms with E-state index < -0.39 is 11.9 Å². The highest BCUT2D eigenvalue weighted by Gasteiger charge is 2.10. The molecule has 0 aromatic carbocycles. The van der Waals surface area contributed by atoms with Crippen LogP contribution in [0.2, 0.25) is 0 Å². The molecule has 21 heavy (non-hydrogen) atoms. The molecule has 4 heteroatoms. The number of hydrogen-bond acceptors (Lipinski definition) is 2. The maximum absolute atomic E-state index is 10.6. The first kappa shape index (κ1) is 20.4. The van der Waals surface area contributed by atoms with Crippen LogP contribution >= 0.6 is 0 Å². The molecule has 0 aliphatic heterocycles. The van der Waals surface area contributed by atoms with Crippen LogP contribution in [0.4, 0.5) is 0 Å². The Bertz CT molecular complexity index is 237. The molecule has 1 amide bonds. The first-order valence-corrected chi connectivity index (χ1v) is 8.68. The number of hydrogen-bond donors (Lipinski definition) is 2. The molecule has 1 unspecified atom stereocenters. The van der Waals surface area contributed by atoms with Crippen molar-refractivity contribution in [3.05, 3.63) is 0 Å². The highest BCUT2D eigenvalue weighted by Crippen LogP contribution is 2.15. The van der Waals surface area contributed by atoms with Crippen LogP contribution in [0.5, 0.6) is 0 Å². The van der Waals surface area contributed by atoms with Crippen molar-refractivity contribution in [1.29, 1.82) is 0 Å². The third-order valence-electron chi connectivity index (χ3n) is 3.96. The van der Waals surface area contributed by atoms with Crippen molar-refractivity contribution in [2.24, 2.45) is 11.5 Å². The Hall–Kier alpha value is -0.610. The van der Waals surface area contributed by atoms with Crippen LogP contribution in [0.3, 0.4) is 0 Å². The molecule has 0 bridgehead atoms. The molecule has 0 spiro atoms. The number of amides is 1. The summed E-state index contributed by atoms with van der Waals surface area (Å²) < 4.78 is 0.950. The summed E-state index contributed by atoms with van der Waals surface area (Å²) in [5.41, 5.74) is 10.5. The zero-order chi connectivity index (χ0) is 16.1. The summed E-state index contributed by atoms with van der Waals surface area (Å²) in [6, 6.07) is -0.465. The molecular weight excluding hydrogens is 262 g/mol. The second-order valence-corrected chi connectivity index (χ2v) is 7.35. The van der Waals surface area contributed by atoms with Gasteiger partial charge in [-0.05, 0) is 19.3 Å². The average molecular weight is 301 g/mol. The van der Waals surface area contributed by atoms with E-state index in [4.69, 9.17) is 11.5 Å². The molecule has 0 heterocycles. The van der Waals surface area contributed by atoms with E-state index in [2.05, 4.69) is 21.1 Å². The second kappa shape index (κ2) is 12.0. The van der Waals surface area contributed by atoms with Crippen LogP contribution in [0.1, 0.15) is 70.6 Å². The van der Waals surface area contributed by atoms with Gasteiger partial charge in [-0.3, -0.25) is 4.79 Å². The maximum atomic E-state index is 10.6. The van der Waals surface area contributed by atoms with Crippen molar-refractivity contribution in [3.8, 4) is 0 Å². The van der Waals surface area contributed by atoms with Gasteiger partial charge in [-0.2, -0.15) is 0 Å². The highest BCUT2D eigenvalue weighted by atomic mass is 16.1. The Labute approximate surface area is 131 Å². The van der Waals surface area contributed by atoms with Crippen LogP contribution < -0.4 is 11.5 Å². The van der Waals surface area contributed by atoms with Crippen molar-refractivity contribution in [2.45, 2.75) is 76.7 Å². The number of carbonyl (C=O) groups is 1. The fraction of sp³-hybridized carbons (Fsp3) is 0.941. The number of unbranched alkanes of at least 4 members (excludes halogenated alkanes) is 1. The Kier molecular flexibility index (Phi) is 11.6. The van der Waals surface area contributed by atoms with Gasteiger partial charge in [0.1, 0.15) is 0 Å². The number of carbonyl (C=O) groups excluding carboxylic acids is 1. The minimum atomic E-state index is -0.465. The zero-order valence-electron chi connectivity index (χ0n) is 14.6. The molecule has 2 saturated carbocycles. The zero-order valence-corrected chi connectivity index (χ0v) is 14.6. The lowest BCUT2D eigenvalue weighted by atomic mass is 10.0. The van der Waals surface area contributed by atoms with Gasteiger partial charge in [-0.25, -0.2) is 0 Å². The largest absolute Gasteiger partial charge is 0.368 e. The molecule has 2 rings (SSSR count). The van der Waals surface area contributed by atoms with Crippen LogP contribution in [-0.4, -0.2) is 44.1 Å². The number of quaternary nitrogens is 1. The van der Waals surface area contributed by atoms with E-state index in [1.165, 1.54) is 51.4 Å². The first-order chi connectivity index (χ1) is 9.83. The lowest BCUT2D eigenvalue weighted by Gasteiger charge is -2.23. The van der Waals surface area contributed by atoms with E-state index in [0.29, 0.717) is 6.42 Å². The van der Waals surface area contributed by atoms with E-state index in [-0.39, 0.29) is 0 Å². The summed E-state index contributed by atoms with van der Waals surface area (Å²) in [7, 11) is 6.44. The Balaban J connectivity index is 0.000000394. The molecule has 0 aromatic rings. The minimum absolute atomic E-state index is 0.398. The molecule has 2 fully saturated rings. The molecular formula is C17H38N3O+. The lowest BCUT2D eigenvalue weighted by Crippen LogP contribution is -2.37. The molecule has 2 aliphatic carbocycles. The molecule has 0 radical (unpaired) electrons. The van der Waals surface area contributed by atoms with E-state index in [1.54, 1.807) is 0 Å². The van der Waals surface area contributed by atoms with Gasteiger partial charge in [0.2, 0.25) is 5.91 Å². The van der Waals surface area contributed by atoms with Gasteiger partial charge in [0.25, 0.3) is 0 Å². The lowest BCUT2D eigenvalue weighted by molar-refractivity contribution is -0.870. The Morgan fingerprint density at radius 2 is 1.29 bits per heavy atom. The first-order valence-electron chi connectivity index (χ1n) is 8.68. The summed E-state index contributed by atoms with van der Waals surface area (Å²) in [5, 5.41) is 0. The molecule has 1 atom stereocenters. The van der Waals surface area contributed by atoms with Gasteiger partial charge in [0, 0.05) is 0 Å². The third kappa shape index (κ3) is 15.6. The molecule has 2 aliphatic rings. The normalized spacial score (nSPS) is 17.9. The topological polar surface area (TPSA) is 69.1 Å². The predicted octanol–water partition coefficient (Wildman–Crippen LogP) is 2.80. The van der Waals surface area contributed by atoms with Gasteiger partial charge in [0.05, 0.1) is 33.7 Å². The van der Waals surface area contributed by atoms with Crippen molar-refractivity contribution < 1.29 is 9.28 Å². The van der Waals surface area contributed by atoms with Crippen molar-refractivity contribution in [3.63, 3.8) is 0 Å². The number of nitrogens with zero attached hydrogens (tertiary/aromatic N) is 1. The fourth-order valence-corrected chi connectivity index (χ4v) is 1.59. The fourth-order valence-electron chi connectivity index (χ4n) is 1.59. The second-order valence-electron chi connectivity index (χ2n) is 7.35. The summed E-state index contributed by atoms with van der Waals surface area (Å²) >= 11 is 0. The van der Waals surface area contributed by atoms with Crippen LogP contribution in [0.25, 0.3) is 0 Å². The van der Waals surface area contributed by atoms with Gasteiger partial charge >= 0.3 is 0 Å². The summed E-state index contributed by atoms with van der Waals surface area (Å²) in [5.74, 6) is -0.398. The van der Waals surface area contributed by atoms with E-state index >= 15 is 0 Å². The predicted molar refractivity (Wildman–Crippen MR) is 90.9 cm³/mol. The van der Waals surface area contributed by atoms with Gasteiger partial charge in [-0.1, -0.05) is 51.4 Å². The Morgan fingerprint density at radius 3 is 1.52 bits per heavy atom. The molecule has 4 N–H and O–H groups in total. The molecule has 0 aromatic heterocycles. The SMILES string of the molecule is C1CCC1.C1CCC1.C[N+](C)(C)CCCCC(N)C(N)=O. The van der Waals surface area contributed by atoms with Crippen LogP contribution in [0, 0.1) is 0 Å².